The van der Waals surface area contributed by atoms with E-state index in [4.69, 9.17) is 9.47 Å². The highest BCUT2D eigenvalue weighted by molar-refractivity contribution is 5.74. The average molecular weight is 221 g/mol. The topological polar surface area (TPSA) is 48.4 Å². The number of carbonyl (C=O) groups excluding carboxylic acids is 1. The van der Waals surface area contributed by atoms with Crippen LogP contribution in [0, 0.1) is 0 Å². The fraction of sp³-hybridized carbons (Fsp3) is 0.500. The molecule has 4 heteroatoms. The Morgan fingerprint density at radius 3 is 3.12 bits per heavy atom. The summed E-state index contributed by atoms with van der Waals surface area (Å²) < 4.78 is 10.5. The molecule has 1 aliphatic heterocycles. The fourth-order valence-corrected chi connectivity index (χ4v) is 1.65. The van der Waals surface area contributed by atoms with E-state index in [1.807, 2.05) is 18.2 Å². The number of pyridine rings is 1. The first kappa shape index (κ1) is 11.1. The van der Waals surface area contributed by atoms with Crippen molar-refractivity contribution in [2.24, 2.45) is 0 Å². The van der Waals surface area contributed by atoms with E-state index in [-0.39, 0.29) is 18.7 Å². The lowest BCUT2D eigenvalue weighted by molar-refractivity contribution is -0.161. The van der Waals surface area contributed by atoms with E-state index in [0.29, 0.717) is 6.61 Å². The standard InChI is InChI=1S/C12H15NO3/c14-12(11-6-2-4-8-15-11)16-9-10-5-1-3-7-13-10/h1,3,5,7,11H,2,4,6,8-9H2. The Hall–Kier alpha value is -1.42. The first-order valence-electron chi connectivity index (χ1n) is 5.54. The van der Waals surface area contributed by atoms with Crippen LogP contribution in [0.1, 0.15) is 25.0 Å². The van der Waals surface area contributed by atoms with Crippen LogP contribution in [-0.4, -0.2) is 23.7 Å². The van der Waals surface area contributed by atoms with Crippen molar-refractivity contribution in [2.45, 2.75) is 32.0 Å². The number of nitrogens with zero attached hydrogens (tertiary/aromatic N) is 1. The predicted octanol–water partition coefficient (Wildman–Crippen LogP) is 1.69. The van der Waals surface area contributed by atoms with Crippen molar-refractivity contribution in [3.05, 3.63) is 30.1 Å². The second-order valence-corrected chi connectivity index (χ2v) is 3.78. The maximum Gasteiger partial charge on any atom is 0.335 e. The molecule has 0 bridgehead atoms. The maximum atomic E-state index is 11.6. The fourth-order valence-electron chi connectivity index (χ4n) is 1.65. The maximum absolute atomic E-state index is 11.6. The van der Waals surface area contributed by atoms with Crippen molar-refractivity contribution < 1.29 is 14.3 Å². The van der Waals surface area contributed by atoms with Gasteiger partial charge >= 0.3 is 5.97 Å². The number of ether oxygens (including phenoxy) is 2. The van der Waals surface area contributed by atoms with Crippen molar-refractivity contribution in [2.75, 3.05) is 6.61 Å². The molecule has 1 aromatic rings. The number of rotatable bonds is 3. The van der Waals surface area contributed by atoms with E-state index in [1.54, 1.807) is 6.20 Å². The van der Waals surface area contributed by atoms with Crippen LogP contribution in [0.25, 0.3) is 0 Å². The Bertz CT molecular complexity index is 333. The summed E-state index contributed by atoms with van der Waals surface area (Å²) >= 11 is 0. The Labute approximate surface area is 94.6 Å². The molecule has 1 fully saturated rings. The molecule has 0 aromatic carbocycles. The quantitative estimate of drug-likeness (QED) is 0.729. The molecule has 4 nitrogen and oxygen atoms in total. The van der Waals surface area contributed by atoms with E-state index in [1.165, 1.54) is 0 Å². The summed E-state index contributed by atoms with van der Waals surface area (Å²) in [6.45, 7) is 0.878. The van der Waals surface area contributed by atoms with Gasteiger partial charge in [-0.1, -0.05) is 6.07 Å². The van der Waals surface area contributed by atoms with Gasteiger partial charge in [-0.25, -0.2) is 4.79 Å². The number of hydrogen-bond donors (Lipinski definition) is 0. The van der Waals surface area contributed by atoms with E-state index in [0.717, 1.165) is 25.0 Å². The minimum Gasteiger partial charge on any atom is -0.457 e. The molecule has 16 heavy (non-hydrogen) atoms. The summed E-state index contributed by atoms with van der Waals surface area (Å²) in [5.74, 6) is -0.273. The van der Waals surface area contributed by atoms with Crippen LogP contribution in [0.15, 0.2) is 24.4 Å². The lowest BCUT2D eigenvalue weighted by atomic mass is 10.1. The Balaban J connectivity index is 1.79. The monoisotopic (exact) mass is 221 g/mol. The largest absolute Gasteiger partial charge is 0.457 e. The normalized spacial score (nSPS) is 20.4. The molecule has 86 valence electrons. The highest BCUT2D eigenvalue weighted by Gasteiger charge is 2.23. The van der Waals surface area contributed by atoms with Gasteiger partial charge in [0.05, 0.1) is 5.69 Å². The molecule has 1 atom stereocenters. The van der Waals surface area contributed by atoms with Crippen LogP contribution in [0.2, 0.25) is 0 Å². The average Bonchev–Trinajstić information content (AvgIpc) is 2.38. The zero-order chi connectivity index (χ0) is 11.2. The number of carbonyl (C=O) groups is 1. The van der Waals surface area contributed by atoms with Gasteiger partial charge in [-0.05, 0) is 31.4 Å². The number of hydrogen-bond acceptors (Lipinski definition) is 4. The zero-order valence-corrected chi connectivity index (χ0v) is 9.09. The molecule has 0 amide bonds. The van der Waals surface area contributed by atoms with Crippen molar-refractivity contribution in [1.29, 1.82) is 0 Å². The minimum atomic E-state index is -0.377. The summed E-state index contributed by atoms with van der Waals surface area (Å²) in [4.78, 5) is 15.7. The van der Waals surface area contributed by atoms with Gasteiger partial charge in [0.2, 0.25) is 0 Å². The van der Waals surface area contributed by atoms with Crippen LogP contribution in [0.5, 0.6) is 0 Å². The van der Waals surface area contributed by atoms with Crippen LogP contribution in [-0.2, 0) is 20.9 Å². The molecule has 1 saturated heterocycles. The number of aromatic nitrogens is 1. The third-order valence-corrected chi connectivity index (χ3v) is 2.53. The van der Waals surface area contributed by atoms with Crippen molar-refractivity contribution in [3.8, 4) is 0 Å². The van der Waals surface area contributed by atoms with Gasteiger partial charge in [-0.3, -0.25) is 4.98 Å². The third kappa shape index (κ3) is 3.03. The Morgan fingerprint density at radius 1 is 1.50 bits per heavy atom. The van der Waals surface area contributed by atoms with Gasteiger partial charge in [0.15, 0.2) is 6.10 Å². The molecular weight excluding hydrogens is 206 g/mol. The lowest BCUT2D eigenvalue weighted by Crippen LogP contribution is -2.29. The van der Waals surface area contributed by atoms with Gasteiger partial charge in [0.1, 0.15) is 6.61 Å². The molecule has 1 aromatic heterocycles. The smallest absolute Gasteiger partial charge is 0.335 e. The van der Waals surface area contributed by atoms with Gasteiger partial charge in [0.25, 0.3) is 0 Å². The number of esters is 1. The first-order chi connectivity index (χ1) is 7.86. The van der Waals surface area contributed by atoms with Crippen molar-refractivity contribution >= 4 is 5.97 Å². The minimum absolute atomic E-state index is 0.222. The van der Waals surface area contributed by atoms with Gasteiger partial charge in [-0.15, -0.1) is 0 Å². The lowest BCUT2D eigenvalue weighted by Gasteiger charge is -2.20. The van der Waals surface area contributed by atoms with E-state index < -0.39 is 0 Å². The van der Waals surface area contributed by atoms with Crippen LogP contribution < -0.4 is 0 Å². The van der Waals surface area contributed by atoms with Crippen molar-refractivity contribution in [1.82, 2.24) is 4.98 Å². The van der Waals surface area contributed by atoms with Crippen LogP contribution in [0.3, 0.4) is 0 Å². The highest BCUT2D eigenvalue weighted by atomic mass is 16.6. The SMILES string of the molecule is O=C(OCc1ccccn1)C1CCCCO1. The second-order valence-electron chi connectivity index (χ2n) is 3.78. The van der Waals surface area contributed by atoms with Crippen molar-refractivity contribution in [3.63, 3.8) is 0 Å². The molecule has 0 radical (unpaired) electrons. The van der Waals surface area contributed by atoms with Crippen LogP contribution >= 0.6 is 0 Å². The molecule has 1 unspecified atom stereocenters. The summed E-state index contributed by atoms with van der Waals surface area (Å²) in [6, 6.07) is 5.53. The summed E-state index contributed by atoms with van der Waals surface area (Å²) in [6.07, 6.45) is 4.13. The molecule has 0 saturated carbocycles. The molecule has 0 aliphatic carbocycles. The molecule has 1 aliphatic rings. The van der Waals surface area contributed by atoms with Gasteiger partial charge in [-0.2, -0.15) is 0 Å². The Kier molecular flexibility index (Phi) is 3.88. The second kappa shape index (κ2) is 5.61. The van der Waals surface area contributed by atoms with Gasteiger partial charge < -0.3 is 9.47 Å². The van der Waals surface area contributed by atoms with Crippen LogP contribution in [0.4, 0.5) is 0 Å². The first-order valence-corrected chi connectivity index (χ1v) is 5.54. The van der Waals surface area contributed by atoms with E-state index in [9.17, 15) is 4.79 Å². The molecule has 2 rings (SSSR count). The third-order valence-electron chi connectivity index (χ3n) is 2.53. The van der Waals surface area contributed by atoms with E-state index >= 15 is 0 Å². The summed E-state index contributed by atoms with van der Waals surface area (Å²) in [5, 5.41) is 0. The Morgan fingerprint density at radius 2 is 2.44 bits per heavy atom. The highest BCUT2D eigenvalue weighted by Crippen LogP contribution is 2.14. The van der Waals surface area contributed by atoms with E-state index in [2.05, 4.69) is 4.98 Å². The molecule has 0 spiro atoms. The molecule has 0 N–H and O–H groups in total. The molecule has 2 heterocycles. The molecular formula is C12H15NO3. The zero-order valence-electron chi connectivity index (χ0n) is 9.09. The van der Waals surface area contributed by atoms with Gasteiger partial charge in [0, 0.05) is 12.8 Å². The summed E-state index contributed by atoms with van der Waals surface area (Å²) in [5.41, 5.74) is 0.756. The predicted molar refractivity (Wildman–Crippen MR) is 57.6 cm³/mol. The summed E-state index contributed by atoms with van der Waals surface area (Å²) in [7, 11) is 0.